The highest BCUT2D eigenvalue weighted by Gasteiger charge is 2.39. The number of carbonyl (C=O) groups is 4. The summed E-state index contributed by atoms with van der Waals surface area (Å²) in [5.41, 5.74) is 3.58. The summed E-state index contributed by atoms with van der Waals surface area (Å²) >= 11 is 0. The normalized spacial score (nSPS) is 20.1. The van der Waals surface area contributed by atoms with Crippen LogP contribution in [0.2, 0.25) is 0 Å². The van der Waals surface area contributed by atoms with Crippen molar-refractivity contribution in [3.05, 3.63) is 119 Å². The number of hydrogen-bond donors (Lipinski definition) is 3. The van der Waals surface area contributed by atoms with Crippen molar-refractivity contribution in [2.45, 2.75) is 38.0 Å². The molecule has 3 amide bonds. The number of nitrogens with one attached hydrogen (secondary N) is 3. The topological polar surface area (TPSA) is 168 Å². The number of pyridine rings is 1. The summed E-state index contributed by atoms with van der Waals surface area (Å²) in [4.78, 5) is 64.2. The molecule has 18 heteroatoms. The Morgan fingerprint density at radius 2 is 1.73 bits per heavy atom. The minimum atomic E-state index is -4.36. The van der Waals surface area contributed by atoms with Gasteiger partial charge in [0.15, 0.2) is 5.82 Å². The van der Waals surface area contributed by atoms with Crippen molar-refractivity contribution in [1.29, 1.82) is 0 Å². The molecule has 2 aromatic heterocycles. The van der Waals surface area contributed by atoms with Crippen LogP contribution in [0.4, 0.5) is 24.5 Å². The predicted octanol–water partition coefficient (Wildman–Crippen LogP) is 5.04. The van der Waals surface area contributed by atoms with Gasteiger partial charge in [-0.25, -0.2) is 18.2 Å². The Bertz CT molecular complexity index is 2770. The zero-order valence-corrected chi connectivity index (χ0v) is 34.1. The summed E-state index contributed by atoms with van der Waals surface area (Å²) in [7, 11) is -4.36. The van der Waals surface area contributed by atoms with Crippen molar-refractivity contribution in [3.63, 3.8) is 0 Å². The van der Waals surface area contributed by atoms with Gasteiger partial charge in [-0.05, 0) is 72.0 Å². The molecule has 3 saturated heterocycles. The lowest BCUT2D eigenvalue weighted by atomic mass is 9.99. The monoisotopic (exact) mass is 866 g/mol. The first-order valence-corrected chi connectivity index (χ1v) is 21.7. The van der Waals surface area contributed by atoms with Crippen LogP contribution in [0.25, 0.3) is 28.2 Å². The van der Waals surface area contributed by atoms with E-state index in [-0.39, 0.29) is 36.8 Å². The summed E-state index contributed by atoms with van der Waals surface area (Å²) in [6.45, 7) is 3.87. The predicted molar refractivity (Wildman–Crippen MR) is 225 cm³/mol. The van der Waals surface area contributed by atoms with E-state index in [1.54, 1.807) is 23.2 Å². The Balaban J connectivity index is 0.815. The number of benzene rings is 3. The van der Waals surface area contributed by atoms with Crippen molar-refractivity contribution in [2.24, 2.45) is 0 Å². The zero-order valence-electron chi connectivity index (χ0n) is 33.2. The summed E-state index contributed by atoms with van der Waals surface area (Å²) < 4.78 is 72.9. The second-order valence-corrected chi connectivity index (χ2v) is 17.5. The van der Waals surface area contributed by atoms with Gasteiger partial charge in [0.05, 0.1) is 11.3 Å². The molecule has 4 aliphatic heterocycles. The van der Waals surface area contributed by atoms with Crippen LogP contribution in [0.1, 0.15) is 56.7 Å². The standard InChI is InChI=1S/C44H41F3N8O6S/c45-30-13-15-54(25-30)62(60,61)51-36-10-9-35(46)39(40(36)47)41(57)34-23-49-42-33(34)21-28(22-48-42)27-4-6-31(7-5-27)53-18-16-52(17-19-53)14-1-2-26-3-8-32-29(20-26)24-55(44(32)59)37-11-12-38(56)50-43(37)58/h1-10,20-23,30,37,51H,11-19,24-25H2,(H,48,49)(H,50,56,58)/b2-1+/t30-,37?/m1/s1. The first-order chi connectivity index (χ1) is 29.8. The molecule has 0 bridgehead atoms. The molecule has 3 fully saturated rings. The second kappa shape index (κ2) is 16.5. The van der Waals surface area contributed by atoms with Crippen molar-refractivity contribution < 1.29 is 40.8 Å². The molecule has 6 heterocycles. The van der Waals surface area contributed by atoms with Gasteiger partial charge >= 0.3 is 10.2 Å². The van der Waals surface area contributed by atoms with E-state index in [2.05, 4.69) is 31.2 Å². The molecule has 9 rings (SSSR count). The number of halogens is 3. The number of anilines is 2. The molecule has 0 aliphatic carbocycles. The third-order valence-corrected chi connectivity index (χ3v) is 13.4. The maximum absolute atomic E-state index is 15.7. The smallest absolute Gasteiger partial charge is 0.301 e. The van der Waals surface area contributed by atoms with Crippen molar-refractivity contribution in [2.75, 3.05) is 55.4 Å². The number of piperazine rings is 1. The highest BCUT2D eigenvalue weighted by Crippen LogP contribution is 2.32. The highest BCUT2D eigenvalue weighted by molar-refractivity contribution is 7.90. The summed E-state index contributed by atoms with van der Waals surface area (Å²) in [6.07, 6.45) is 6.25. The van der Waals surface area contributed by atoms with Crippen LogP contribution < -0.4 is 14.9 Å². The average Bonchev–Trinajstić information content (AvgIpc) is 3.99. The van der Waals surface area contributed by atoms with Crippen LogP contribution in [0.5, 0.6) is 0 Å². The Labute approximate surface area is 354 Å². The minimum Gasteiger partial charge on any atom is -0.369 e. The number of amides is 3. The van der Waals surface area contributed by atoms with Gasteiger partial charge in [-0.15, -0.1) is 0 Å². The van der Waals surface area contributed by atoms with Crippen LogP contribution in [0.15, 0.2) is 79.1 Å². The van der Waals surface area contributed by atoms with E-state index in [0.29, 0.717) is 35.1 Å². The number of nitrogens with zero attached hydrogens (tertiary/aromatic N) is 5. The average molecular weight is 867 g/mol. The first kappa shape index (κ1) is 41.0. The molecule has 0 spiro atoms. The SMILES string of the molecule is O=C1CCC(N2Cc3cc(/C=C/CN4CCN(c5ccc(-c6cnc7[nH]cc(C(=O)c8c(F)ccc(NS(=O)(=O)N9CC[C@@H](F)C9)c8F)c7c6)cc5)CC4)ccc3C2=O)C(=O)N1. The van der Waals surface area contributed by atoms with E-state index >= 15 is 8.78 Å². The summed E-state index contributed by atoms with van der Waals surface area (Å²) in [6, 6.07) is 16.3. The molecule has 14 nitrogen and oxygen atoms in total. The van der Waals surface area contributed by atoms with E-state index < -0.39 is 63.5 Å². The number of imide groups is 1. The van der Waals surface area contributed by atoms with Crippen LogP contribution in [0.3, 0.4) is 0 Å². The van der Waals surface area contributed by atoms with Crippen LogP contribution in [0, 0.1) is 11.6 Å². The lowest BCUT2D eigenvalue weighted by molar-refractivity contribution is -0.136. The number of aromatic nitrogens is 2. The van der Waals surface area contributed by atoms with Gasteiger partial charge in [-0.1, -0.05) is 30.4 Å². The summed E-state index contributed by atoms with van der Waals surface area (Å²) in [5, 5.41) is 2.65. The third kappa shape index (κ3) is 7.96. The Kier molecular flexibility index (Phi) is 10.9. The molecule has 2 atom stereocenters. The molecular formula is C44H41F3N8O6S. The van der Waals surface area contributed by atoms with E-state index in [0.717, 1.165) is 71.5 Å². The fourth-order valence-corrected chi connectivity index (χ4v) is 9.79. The molecule has 62 heavy (non-hydrogen) atoms. The van der Waals surface area contributed by atoms with E-state index in [4.69, 9.17) is 0 Å². The van der Waals surface area contributed by atoms with Gasteiger partial charge < -0.3 is 14.8 Å². The molecule has 5 aromatic rings. The fraction of sp³-hybridized carbons (Fsp3) is 0.295. The quantitative estimate of drug-likeness (QED) is 0.122. The van der Waals surface area contributed by atoms with E-state index in [1.807, 2.05) is 47.2 Å². The maximum Gasteiger partial charge on any atom is 0.301 e. The fourth-order valence-electron chi connectivity index (χ4n) is 8.52. The van der Waals surface area contributed by atoms with Gasteiger partial charge in [-0.3, -0.25) is 34.1 Å². The number of alkyl halides is 1. The molecular weight excluding hydrogens is 826 g/mol. The lowest BCUT2D eigenvalue weighted by Gasteiger charge is -2.35. The van der Waals surface area contributed by atoms with Crippen molar-refractivity contribution in [3.8, 4) is 11.1 Å². The van der Waals surface area contributed by atoms with Gasteiger partial charge in [0, 0.05) is 98.9 Å². The zero-order chi connectivity index (χ0) is 43.3. The van der Waals surface area contributed by atoms with Gasteiger partial charge in [0.25, 0.3) is 5.91 Å². The molecule has 0 radical (unpaired) electrons. The molecule has 0 saturated carbocycles. The number of fused-ring (bicyclic) bond motifs is 2. The number of aromatic amines is 1. The third-order valence-electron chi connectivity index (χ3n) is 11.9. The Hall–Kier alpha value is -6.37. The maximum atomic E-state index is 15.7. The van der Waals surface area contributed by atoms with Crippen LogP contribution in [-0.2, 0) is 26.3 Å². The second-order valence-electron chi connectivity index (χ2n) is 15.8. The first-order valence-electron chi connectivity index (χ1n) is 20.3. The molecule has 4 aliphatic rings. The Morgan fingerprint density at radius 3 is 2.47 bits per heavy atom. The van der Waals surface area contributed by atoms with Crippen LogP contribution in [-0.4, -0.2) is 114 Å². The lowest BCUT2D eigenvalue weighted by Crippen LogP contribution is -2.52. The minimum absolute atomic E-state index is 0.000437. The molecule has 3 aromatic carbocycles. The number of rotatable bonds is 11. The Morgan fingerprint density at radius 1 is 0.935 bits per heavy atom. The molecule has 1 unspecified atom stereocenters. The van der Waals surface area contributed by atoms with E-state index in [1.165, 1.54) is 6.20 Å². The van der Waals surface area contributed by atoms with Crippen molar-refractivity contribution in [1.82, 2.24) is 29.4 Å². The largest absolute Gasteiger partial charge is 0.369 e. The van der Waals surface area contributed by atoms with Gasteiger partial charge in [-0.2, -0.15) is 12.7 Å². The van der Waals surface area contributed by atoms with Gasteiger partial charge in [0.2, 0.25) is 17.6 Å². The summed E-state index contributed by atoms with van der Waals surface area (Å²) in [5.74, 6) is -4.52. The number of carbonyl (C=O) groups excluding carboxylic acids is 4. The number of H-pyrrole nitrogens is 1. The molecule has 3 N–H and O–H groups in total. The van der Waals surface area contributed by atoms with Gasteiger partial charge in [0.1, 0.15) is 23.7 Å². The number of hydrogen-bond acceptors (Lipinski definition) is 9. The highest BCUT2D eigenvalue weighted by atomic mass is 32.2. The van der Waals surface area contributed by atoms with Crippen LogP contribution >= 0.6 is 0 Å². The number of piperidine rings is 1. The van der Waals surface area contributed by atoms with Crippen molar-refractivity contribution >= 4 is 62.2 Å². The van der Waals surface area contributed by atoms with E-state index in [9.17, 15) is 32.0 Å². The molecule has 320 valence electrons. The number of ketones is 1.